The second kappa shape index (κ2) is 7.50. The van der Waals surface area contributed by atoms with Crippen LogP contribution in [0.4, 0.5) is 5.69 Å². The lowest BCUT2D eigenvalue weighted by atomic mass is 10.2. The molecular formula is C14H18Cl2N2O2. The molecule has 1 rings (SSSR count). The van der Waals surface area contributed by atoms with Crippen molar-refractivity contribution in [3.63, 3.8) is 0 Å². The fourth-order valence-corrected chi connectivity index (χ4v) is 2.38. The normalized spacial score (nSPS) is 10.5. The molecule has 20 heavy (non-hydrogen) atoms. The van der Waals surface area contributed by atoms with Gasteiger partial charge in [0.2, 0.25) is 11.8 Å². The van der Waals surface area contributed by atoms with Crippen molar-refractivity contribution in [2.45, 2.75) is 33.2 Å². The number of carbonyl (C=O) groups is 2. The lowest BCUT2D eigenvalue weighted by Crippen LogP contribution is -2.37. The summed E-state index contributed by atoms with van der Waals surface area (Å²) in [4.78, 5) is 24.9. The molecule has 0 aliphatic heterocycles. The molecule has 0 atom stereocenters. The topological polar surface area (TPSA) is 49.4 Å². The number of rotatable bonds is 5. The van der Waals surface area contributed by atoms with Crippen LogP contribution < -0.4 is 5.32 Å². The van der Waals surface area contributed by atoms with E-state index in [-0.39, 0.29) is 24.3 Å². The summed E-state index contributed by atoms with van der Waals surface area (Å²) < 4.78 is 0. The Balaban J connectivity index is 2.57. The van der Waals surface area contributed by atoms with Gasteiger partial charge in [-0.05, 0) is 32.0 Å². The van der Waals surface area contributed by atoms with Gasteiger partial charge in [-0.15, -0.1) is 0 Å². The molecule has 6 heteroatoms. The number of nitrogens with one attached hydrogen (secondary N) is 1. The number of amides is 2. The summed E-state index contributed by atoms with van der Waals surface area (Å²) in [5.74, 6) is -0.228. The van der Waals surface area contributed by atoms with Gasteiger partial charge in [-0.1, -0.05) is 23.2 Å². The van der Waals surface area contributed by atoms with Crippen LogP contribution in [-0.2, 0) is 9.59 Å². The van der Waals surface area contributed by atoms with Crippen LogP contribution in [0.25, 0.3) is 0 Å². The van der Waals surface area contributed by atoms with E-state index in [9.17, 15) is 9.59 Å². The van der Waals surface area contributed by atoms with Crippen LogP contribution in [-0.4, -0.2) is 29.3 Å². The molecule has 0 aliphatic carbocycles. The maximum atomic E-state index is 11.8. The van der Waals surface area contributed by atoms with Crippen LogP contribution >= 0.6 is 23.2 Å². The molecule has 0 saturated carbocycles. The van der Waals surface area contributed by atoms with Crippen LogP contribution in [0.1, 0.15) is 27.2 Å². The predicted molar refractivity (Wildman–Crippen MR) is 82.2 cm³/mol. The van der Waals surface area contributed by atoms with Crippen molar-refractivity contribution in [1.82, 2.24) is 4.90 Å². The second-order valence-corrected chi connectivity index (χ2v) is 5.64. The standard InChI is InChI=1S/C14H18Cl2N2O2/c1-9(2)18(10(3)19)5-4-14(20)17-13-7-11(15)6-12(16)8-13/h6-9H,4-5H2,1-3H3,(H,17,20). The Kier molecular flexibility index (Phi) is 6.30. The zero-order chi connectivity index (χ0) is 15.3. The number of hydrogen-bond donors (Lipinski definition) is 1. The summed E-state index contributed by atoms with van der Waals surface area (Å²) in [6, 6.07) is 4.91. The van der Waals surface area contributed by atoms with E-state index in [4.69, 9.17) is 23.2 Å². The van der Waals surface area contributed by atoms with Crippen molar-refractivity contribution in [3.05, 3.63) is 28.2 Å². The maximum absolute atomic E-state index is 11.8. The SMILES string of the molecule is CC(=O)N(CCC(=O)Nc1cc(Cl)cc(Cl)c1)C(C)C. The Bertz CT molecular complexity index is 484. The Morgan fingerprint density at radius 2 is 1.75 bits per heavy atom. The van der Waals surface area contributed by atoms with Gasteiger partial charge in [-0.2, -0.15) is 0 Å². The molecule has 1 aromatic carbocycles. The first-order valence-electron chi connectivity index (χ1n) is 6.32. The van der Waals surface area contributed by atoms with E-state index in [1.165, 1.54) is 6.92 Å². The number of carbonyl (C=O) groups excluding carboxylic acids is 2. The fourth-order valence-electron chi connectivity index (χ4n) is 1.85. The number of anilines is 1. The zero-order valence-corrected chi connectivity index (χ0v) is 13.3. The van der Waals surface area contributed by atoms with E-state index < -0.39 is 0 Å². The Labute approximate surface area is 129 Å². The molecule has 0 aliphatic rings. The fraction of sp³-hybridized carbons (Fsp3) is 0.429. The van der Waals surface area contributed by atoms with E-state index in [1.54, 1.807) is 23.1 Å². The summed E-state index contributed by atoms with van der Waals surface area (Å²) in [5.41, 5.74) is 0.548. The van der Waals surface area contributed by atoms with Gasteiger partial charge in [0, 0.05) is 41.7 Å². The van der Waals surface area contributed by atoms with Gasteiger partial charge in [0.05, 0.1) is 0 Å². The molecule has 4 nitrogen and oxygen atoms in total. The summed E-state index contributed by atoms with van der Waals surface area (Å²) in [5, 5.41) is 3.63. The maximum Gasteiger partial charge on any atom is 0.226 e. The van der Waals surface area contributed by atoms with Gasteiger partial charge in [-0.3, -0.25) is 9.59 Å². The third kappa shape index (κ3) is 5.39. The second-order valence-electron chi connectivity index (χ2n) is 4.76. The highest BCUT2D eigenvalue weighted by molar-refractivity contribution is 6.35. The highest BCUT2D eigenvalue weighted by Gasteiger charge is 2.14. The Morgan fingerprint density at radius 1 is 1.20 bits per heavy atom. The summed E-state index contributed by atoms with van der Waals surface area (Å²) >= 11 is 11.7. The van der Waals surface area contributed by atoms with E-state index >= 15 is 0 Å². The predicted octanol–water partition coefficient (Wildman–Crippen LogP) is 3.58. The molecule has 2 amide bonds. The minimum absolute atomic E-state index is 0.0430. The molecule has 0 spiro atoms. The molecule has 1 N–H and O–H groups in total. The van der Waals surface area contributed by atoms with Crippen molar-refractivity contribution in [2.75, 3.05) is 11.9 Å². The smallest absolute Gasteiger partial charge is 0.226 e. The highest BCUT2D eigenvalue weighted by Crippen LogP contribution is 2.22. The molecule has 0 fully saturated rings. The minimum atomic E-state index is -0.185. The van der Waals surface area contributed by atoms with Crippen LogP contribution in [0, 0.1) is 0 Å². The van der Waals surface area contributed by atoms with Gasteiger partial charge < -0.3 is 10.2 Å². The molecule has 0 radical (unpaired) electrons. The quantitative estimate of drug-likeness (QED) is 0.902. The van der Waals surface area contributed by atoms with Crippen molar-refractivity contribution in [2.24, 2.45) is 0 Å². The summed E-state index contributed by atoms with van der Waals surface area (Å²) in [6.45, 7) is 5.70. The average molecular weight is 317 g/mol. The molecule has 1 aromatic rings. The van der Waals surface area contributed by atoms with E-state index in [0.29, 0.717) is 22.3 Å². The number of hydrogen-bond acceptors (Lipinski definition) is 2. The Hall–Kier alpha value is -1.26. The minimum Gasteiger partial charge on any atom is -0.340 e. The third-order valence-electron chi connectivity index (χ3n) is 2.75. The largest absolute Gasteiger partial charge is 0.340 e. The van der Waals surface area contributed by atoms with E-state index in [2.05, 4.69) is 5.32 Å². The van der Waals surface area contributed by atoms with Gasteiger partial charge >= 0.3 is 0 Å². The van der Waals surface area contributed by atoms with Gasteiger partial charge in [0.1, 0.15) is 0 Å². The molecule has 110 valence electrons. The van der Waals surface area contributed by atoms with Crippen LogP contribution in [0.3, 0.4) is 0 Å². The highest BCUT2D eigenvalue weighted by atomic mass is 35.5. The van der Waals surface area contributed by atoms with E-state index in [0.717, 1.165) is 0 Å². The monoisotopic (exact) mass is 316 g/mol. The van der Waals surface area contributed by atoms with Crippen LogP contribution in [0.2, 0.25) is 10.0 Å². The Morgan fingerprint density at radius 3 is 2.20 bits per heavy atom. The zero-order valence-electron chi connectivity index (χ0n) is 11.7. The molecule has 0 saturated heterocycles. The lowest BCUT2D eigenvalue weighted by molar-refractivity contribution is -0.130. The number of benzene rings is 1. The van der Waals surface area contributed by atoms with Gasteiger partial charge in [0.25, 0.3) is 0 Å². The number of nitrogens with zero attached hydrogens (tertiary/aromatic N) is 1. The van der Waals surface area contributed by atoms with Crippen LogP contribution in [0.15, 0.2) is 18.2 Å². The van der Waals surface area contributed by atoms with Crippen molar-refractivity contribution >= 4 is 40.7 Å². The first-order chi connectivity index (χ1) is 9.29. The van der Waals surface area contributed by atoms with Crippen molar-refractivity contribution < 1.29 is 9.59 Å². The molecule has 0 heterocycles. The van der Waals surface area contributed by atoms with Crippen molar-refractivity contribution in [1.29, 1.82) is 0 Å². The summed E-state index contributed by atoms with van der Waals surface area (Å²) in [7, 11) is 0. The lowest BCUT2D eigenvalue weighted by Gasteiger charge is -2.24. The first-order valence-corrected chi connectivity index (χ1v) is 7.08. The third-order valence-corrected chi connectivity index (χ3v) is 3.19. The van der Waals surface area contributed by atoms with Crippen LogP contribution in [0.5, 0.6) is 0 Å². The average Bonchev–Trinajstić information content (AvgIpc) is 2.26. The molecule has 0 unspecified atom stereocenters. The first kappa shape index (κ1) is 16.8. The van der Waals surface area contributed by atoms with Gasteiger partial charge in [0.15, 0.2) is 0 Å². The molecule has 0 aromatic heterocycles. The van der Waals surface area contributed by atoms with Crippen molar-refractivity contribution in [3.8, 4) is 0 Å². The molecular weight excluding hydrogens is 299 g/mol. The van der Waals surface area contributed by atoms with Gasteiger partial charge in [-0.25, -0.2) is 0 Å². The summed E-state index contributed by atoms with van der Waals surface area (Å²) in [6.07, 6.45) is 0.224. The number of halogens is 2. The molecule has 0 bridgehead atoms. The van der Waals surface area contributed by atoms with E-state index in [1.807, 2.05) is 13.8 Å².